The summed E-state index contributed by atoms with van der Waals surface area (Å²) in [6.07, 6.45) is 1.13. The van der Waals surface area contributed by atoms with Crippen molar-refractivity contribution in [2.24, 2.45) is 10.9 Å². The van der Waals surface area contributed by atoms with Crippen molar-refractivity contribution < 1.29 is 0 Å². The first kappa shape index (κ1) is 23.2. The molecule has 0 saturated carbocycles. The summed E-state index contributed by atoms with van der Waals surface area (Å²) in [5.74, 6) is 1.51. The van der Waals surface area contributed by atoms with E-state index in [2.05, 4.69) is 69.0 Å². The summed E-state index contributed by atoms with van der Waals surface area (Å²) in [7, 11) is 1.83. The third kappa shape index (κ3) is 10.3. The molecule has 0 fully saturated rings. The Morgan fingerprint density at radius 1 is 1.00 bits per heavy atom. The molecule has 0 aliphatic rings. The summed E-state index contributed by atoms with van der Waals surface area (Å²) in [6.45, 7) is 17.8. The highest BCUT2D eigenvalue weighted by Gasteiger charge is 2.13. The summed E-state index contributed by atoms with van der Waals surface area (Å²) in [4.78, 5) is 6.80. The summed E-state index contributed by atoms with van der Waals surface area (Å²) in [5, 5.41) is 6.83. The predicted molar refractivity (Wildman–Crippen MR) is 106 cm³/mol. The molecule has 0 aromatic rings. The molecule has 4 nitrogen and oxygen atoms in total. The van der Waals surface area contributed by atoms with Crippen LogP contribution in [0.25, 0.3) is 0 Å². The average molecular weight is 412 g/mol. The van der Waals surface area contributed by atoms with Crippen LogP contribution in [0.5, 0.6) is 0 Å². The average Bonchev–Trinajstić information content (AvgIpc) is 2.35. The highest BCUT2D eigenvalue weighted by atomic mass is 127. The fraction of sp³-hybridized carbons (Fsp3) is 0.938. The van der Waals surface area contributed by atoms with Gasteiger partial charge in [0, 0.05) is 38.3 Å². The molecule has 128 valence electrons. The molecule has 0 bridgehead atoms. The van der Waals surface area contributed by atoms with Crippen LogP contribution in [0, 0.1) is 5.92 Å². The van der Waals surface area contributed by atoms with Crippen LogP contribution >= 0.6 is 24.0 Å². The Hall–Kier alpha value is -0.0400. The molecule has 0 aromatic carbocycles. The number of hydrogen-bond acceptors (Lipinski definition) is 2. The Morgan fingerprint density at radius 2 is 1.52 bits per heavy atom. The highest BCUT2D eigenvalue weighted by molar-refractivity contribution is 14.0. The summed E-state index contributed by atoms with van der Waals surface area (Å²) >= 11 is 0. The van der Waals surface area contributed by atoms with Crippen LogP contribution in [0.15, 0.2) is 4.99 Å². The minimum absolute atomic E-state index is 0. The summed E-state index contributed by atoms with van der Waals surface area (Å²) in [6, 6.07) is 1.64. The standard InChI is InChI=1S/C16H36N4.HI/c1-12(2)15(7)19-16(17-8)18-10-9-11-20(13(3)4)14(5)6;/h12-15H,9-11H2,1-8H3,(H2,17,18,19);1H. The lowest BCUT2D eigenvalue weighted by Gasteiger charge is -2.30. The van der Waals surface area contributed by atoms with E-state index in [0.29, 0.717) is 24.0 Å². The van der Waals surface area contributed by atoms with Gasteiger partial charge in [0.2, 0.25) is 0 Å². The first-order chi connectivity index (χ1) is 9.29. The normalized spacial score (nSPS) is 13.8. The van der Waals surface area contributed by atoms with Gasteiger partial charge in [0.15, 0.2) is 5.96 Å². The van der Waals surface area contributed by atoms with Crippen molar-refractivity contribution in [3.05, 3.63) is 0 Å². The van der Waals surface area contributed by atoms with Crippen LogP contribution in [-0.4, -0.2) is 49.1 Å². The Labute approximate surface area is 149 Å². The zero-order chi connectivity index (χ0) is 15.7. The SMILES string of the molecule is CN=C(NCCCN(C(C)C)C(C)C)NC(C)C(C)C.I. The number of rotatable bonds is 8. The summed E-state index contributed by atoms with van der Waals surface area (Å²) in [5.41, 5.74) is 0. The van der Waals surface area contributed by atoms with E-state index >= 15 is 0 Å². The van der Waals surface area contributed by atoms with Crippen LogP contribution in [0.4, 0.5) is 0 Å². The van der Waals surface area contributed by atoms with Crippen LogP contribution in [-0.2, 0) is 0 Å². The van der Waals surface area contributed by atoms with Gasteiger partial charge in [-0.15, -0.1) is 24.0 Å². The number of nitrogens with zero attached hydrogens (tertiary/aromatic N) is 2. The third-order valence-electron chi connectivity index (χ3n) is 3.80. The second kappa shape index (κ2) is 12.5. The van der Waals surface area contributed by atoms with E-state index in [0.717, 1.165) is 25.5 Å². The molecule has 0 spiro atoms. The van der Waals surface area contributed by atoms with Crippen molar-refractivity contribution in [1.82, 2.24) is 15.5 Å². The maximum Gasteiger partial charge on any atom is 0.191 e. The van der Waals surface area contributed by atoms with Crippen molar-refractivity contribution in [2.75, 3.05) is 20.1 Å². The molecule has 5 heteroatoms. The van der Waals surface area contributed by atoms with E-state index in [4.69, 9.17) is 0 Å². The zero-order valence-electron chi connectivity index (χ0n) is 15.2. The van der Waals surface area contributed by atoms with Crippen molar-refractivity contribution in [1.29, 1.82) is 0 Å². The number of halogens is 1. The minimum atomic E-state index is 0. The van der Waals surface area contributed by atoms with Gasteiger partial charge < -0.3 is 10.6 Å². The first-order valence-corrected chi connectivity index (χ1v) is 8.02. The second-order valence-corrected chi connectivity index (χ2v) is 6.45. The lowest BCUT2D eigenvalue weighted by molar-refractivity contribution is 0.173. The number of aliphatic imine (C=N–C) groups is 1. The molecule has 0 rings (SSSR count). The molecule has 21 heavy (non-hydrogen) atoms. The molecule has 1 atom stereocenters. The van der Waals surface area contributed by atoms with Crippen molar-refractivity contribution >= 4 is 29.9 Å². The Morgan fingerprint density at radius 3 is 1.90 bits per heavy atom. The van der Waals surface area contributed by atoms with Gasteiger partial charge in [-0.05, 0) is 47.0 Å². The number of nitrogens with one attached hydrogen (secondary N) is 2. The van der Waals surface area contributed by atoms with Crippen LogP contribution < -0.4 is 10.6 Å². The van der Waals surface area contributed by atoms with Crippen molar-refractivity contribution in [2.45, 2.75) is 73.0 Å². The van der Waals surface area contributed by atoms with Gasteiger partial charge in [0.1, 0.15) is 0 Å². The third-order valence-corrected chi connectivity index (χ3v) is 3.80. The van der Waals surface area contributed by atoms with Gasteiger partial charge >= 0.3 is 0 Å². The molecule has 0 aliphatic carbocycles. The lowest BCUT2D eigenvalue weighted by atomic mass is 10.1. The summed E-state index contributed by atoms with van der Waals surface area (Å²) < 4.78 is 0. The fourth-order valence-corrected chi connectivity index (χ4v) is 2.16. The molecule has 0 aromatic heterocycles. The number of guanidine groups is 1. The Balaban J connectivity index is 0. The lowest BCUT2D eigenvalue weighted by Crippen LogP contribution is -2.45. The predicted octanol–water partition coefficient (Wildman–Crippen LogP) is 3.32. The molecular weight excluding hydrogens is 375 g/mol. The van der Waals surface area contributed by atoms with E-state index in [-0.39, 0.29) is 24.0 Å². The maximum atomic E-state index is 4.28. The van der Waals surface area contributed by atoms with Crippen molar-refractivity contribution in [3.8, 4) is 0 Å². The quantitative estimate of drug-likeness (QED) is 0.278. The van der Waals surface area contributed by atoms with Gasteiger partial charge in [0.25, 0.3) is 0 Å². The van der Waals surface area contributed by atoms with Crippen LogP contribution in [0.1, 0.15) is 54.9 Å². The largest absolute Gasteiger partial charge is 0.356 e. The van der Waals surface area contributed by atoms with Gasteiger partial charge in [-0.25, -0.2) is 0 Å². The van der Waals surface area contributed by atoms with Crippen molar-refractivity contribution in [3.63, 3.8) is 0 Å². The fourth-order valence-electron chi connectivity index (χ4n) is 2.16. The molecule has 1 unspecified atom stereocenters. The maximum absolute atomic E-state index is 4.28. The highest BCUT2D eigenvalue weighted by Crippen LogP contribution is 2.05. The first-order valence-electron chi connectivity index (χ1n) is 8.02. The second-order valence-electron chi connectivity index (χ2n) is 6.45. The van der Waals surface area contributed by atoms with Gasteiger partial charge in [-0.2, -0.15) is 0 Å². The topological polar surface area (TPSA) is 39.7 Å². The van der Waals surface area contributed by atoms with Crippen LogP contribution in [0.2, 0.25) is 0 Å². The Bertz CT molecular complexity index is 269. The number of hydrogen-bond donors (Lipinski definition) is 2. The van der Waals surface area contributed by atoms with E-state index < -0.39 is 0 Å². The van der Waals surface area contributed by atoms with Crippen LogP contribution in [0.3, 0.4) is 0 Å². The minimum Gasteiger partial charge on any atom is -0.356 e. The smallest absolute Gasteiger partial charge is 0.191 e. The monoisotopic (exact) mass is 412 g/mol. The molecule has 0 saturated heterocycles. The molecule has 2 N–H and O–H groups in total. The Kier molecular flexibility index (Phi) is 13.8. The molecule has 0 aliphatic heterocycles. The van der Waals surface area contributed by atoms with Gasteiger partial charge in [0.05, 0.1) is 0 Å². The molecular formula is C16H37IN4. The van der Waals surface area contributed by atoms with E-state index in [9.17, 15) is 0 Å². The van der Waals surface area contributed by atoms with Gasteiger partial charge in [-0.3, -0.25) is 9.89 Å². The molecule has 0 heterocycles. The van der Waals surface area contributed by atoms with E-state index in [1.54, 1.807) is 0 Å². The zero-order valence-corrected chi connectivity index (χ0v) is 17.6. The van der Waals surface area contributed by atoms with E-state index in [1.165, 1.54) is 0 Å². The van der Waals surface area contributed by atoms with E-state index in [1.807, 2.05) is 7.05 Å². The van der Waals surface area contributed by atoms with Gasteiger partial charge in [-0.1, -0.05) is 13.8 Å². The molecule has 0 radical (unpaired) electrons. The molecule has 0 amide bonds.